The third-order valence-corrected chi connectivity index (χ3v) is 3.61. The van der Waals surface area contributed by atoms with Gasteiger partial charge < -0.3 is 20.1 Å². The van der Waals surface area contributed by atoms with E-state index >= 15 is 0 Å². The lowest BCUT2D eigenvalue weighted by atomic mass is 10.1. The number of rotatable bonds is 9. The number of benzene rings is 1. The molecule has 0 radical (unpaired) electrons. The number of nitrogens with zero attached hydrogens (tertiary/aromatic N) is 1. The highest BCUT2D eigenvalue weighted by Gasteiger charge is 2.16. The maximum absolute atomic E-state index is 5.71. The molecule has 0 aliphatic heterocycles. The summed E-state index contributed by atoms with van der Waals surface area (Å²) in [5.41, 5.74) is 1.04. The second-order valence-corrected chi connectivity index (χ2v) is 6.18. The van der Waals surface area contributed by atoms with Crippen molar-refractivity contribution in [3.63, 3.8) is 0 Å². The molecule has 1 aromatic rings. The predicted molar refractivity (Wildman–Crippen MR) is 112 cm³/mol. The van der Waals surface area contributed by atoms with E-state index in [2.05, 4.69) is 34.7 Å². The molecular formula is C18H32IN3O2. The van der Waals surface area contributed by atoms with Gasteiger partial charge in [-0.25, -0.2) is 0 Å². The van der Waals surface area contributed by atoms with Gasteiger partial charge in [0, 0.05) is 27.2 Å². The van der Waals surface area contributed by atoms with Crippen molar-refractivity contribution in [1.82, 2.24) is 10.6 Å². The van der Waals surface area contributed by atoms with E-state index in [1.54, 1.807) is 14.2 Å². The fourth-order valence-corrected chi connectivity index (χ4v) is 1.85. The summed E-state index contributed by atoms with van der Waals surface area (Å²) in [5.74, 6) is 1.73. The minimum Gasteiger partial charge on any atom is -0.494 e. The summed E-state index contributed by atoms with van der Waals surface area (Å²) >= 11 is 0. The van der Waals surface area contributed by atoms with Crippen molar-refractivity contribution in [3.05, 3.63) is 29.8 Å². The van der Waals surface area contributed by atoms with Crippen LogP contribution in [0.5, 0.6) is 5.75 Å². The molecule has 0 spiro atoms. The van der Waals surface area contributed by atoms with Crippen LogP contribution in [0, 0.1) is 6.92 Å². The fourth-order valence-electron chi connectivity index (χ4n) is 1.85. The number of nitrogens with one attached hydrogen (secondary N) is 2. The van der Waals surface area contributed by atoms with Crippen molar-refractivity contribution in [2.24, 2.45) is 4.99 Å². The molecule has 24 heavy (non-hydrogen) atoms. The van der Waals surface area contributed by atoms with Gasteiger partial charge in [-0.15, -0.1) is 24.0 Å². The molecule has 0 amide bonds. The van der Waals surface area contributed by atoms with E-state index < -0.39 is 0 Å². The molecule has 0 fully saturated rings. The molecule has 1 rings (SSSR count). The number of guanidine groups is 1. The van der Waals surface area contributed by atoms with Crippen LogP contribution < -0.4 is 15.4 Å². The Labute approximate surface area is 163 Å². The van der Waals surface area contributed by atoms with Crippen LogP contribution in [0.15, 0.2) is 29.3 Å². The Morgan fingerprint density at radius 1 is 1.12 bits per heavy atom. The van der Waals surface area contributed by atoms with Gasteiger partial charge in [-0.3, -0.25) is 4.99 Å². The lowest BCUT2D eigenvalue weighted by Gasteiger charge is -2.24. The SMILES string of the molecule is CN=C(NCCCCOc1ccc(C)cc1)NCC(C)(C)OC.I. The first-order valence-electron chi connectivity index (χ1n) is 8.16. The largest absolute Gasteiger partial charge is 0.494 e. The number of hydrogen-bond acceptors (Lipinski definition) is 3. The van der Waals surface area contributed by atoms with Crippen LogP contribution in [0.2, 0.25) is 0 Å². The standard InChI is InChI=1S/C18H31N3O2.HI/c1-15-8-10-16(11-9-15)23-13-7-6-12-20-17(19-4)21-14-18(2,3)22-5;/h8-11H,6-7,12-14H2,1-5H3,(H2,19,20,21);1H. The first kappa shape index (κ1) is 23.0. The van der Waals surface area contributed by atoms with Crippen LogP contribution >= 0.6 is 24.0 Å². The van der Waals surface area contributed by atoms with Crippen LogP contribution in [0.3, 0.4) is 0 Å². The van der Waals surface area contributed by atoms with E-state index in [-0.39, 0.29) is 29.6 Å². The molecule has 0 unspecified atom stereocenters. The second kappa shape index (κ2) is 12.4. The minimum atomic E-state index is -0.209. The molecule has 0 aromatic heterocycles. The molecule has 0 saturated carbocycles. The third kappa shape index (κ3) is 9.97. The van der Waals surface area contributed by atoms with Crippen LogP contribution in [0.1, 0.15) is 32.3 Å². The molecule has 0 heterocycles. The minimum absolute atomic E-state index is 0. The topological polar surface area (TPSA) is 54.9 Å². The number of aliphatic imine (C=N–C) groups is 1. The van der Waals surface area contributed by atoms with Gasteiger partial charge in [0.2, 0.25) is 0 Å². The van der Waals surface area contributed by atoms with E-state index in [9.17, 15) is 0 Å². The Balaban J connectivity index is 0.00000529. The summed E-state index contributed by atoms with van der Waals surface area (Å²) in [6, 6.07) is 8.15. The van der Waals surface area contributed by atoms with Crippen molar-refractivity contribution in [2.45, 2.75) is 39.2 Å². The first-order chi connectivity index (χ1) is 11.0. The monoisotopic (exact) mass is 449 g/mol. The Bertz CT molecular complexity index is 476. The summed E-state index contributed by atoms with van der Waals surface area (Å²) in [5, 5.41) is 6.57. The molecule has 2 N–H and O–H groups in total. The van der Waals surface area contributed by atoms with Crippen molar-refractivity contribution < 1.29 is 9.47 Å². The molecule has 0 aliphatic carbocycles. The van der Waals surface area contributed by atoms with E-state index in [0.717, 1.165) is 37.7 Å². The zero-order valence-electron chi connectivity index (χ0n) is 15.5. The highest BCUT2D eigenvalue weighted by molar-refractivity contribution is 14.0. The average Bonchev–Trinajstić information content (AvgIpc) is 2.55. The molecule has 0 aliphatic rings. The molecule has 0 bridgehead atoms. The summed E-state index contributed by atoms with van der Waals surface area (Å²) in [6.07, 6.45) is 2.03. The van der Waals surface area contributed by atoms with Gasteiger partial charge in [0.15, 0.2) is 5.96 Å². The molecular weight excluding hydrogens is 417 g/mol. The second-order valence-electron chi connectivity index (χ2n) is 6.18. The maximum atomic E-state index is 5.71. The lowest BCUT2D eigenvalue weighted by Crippen LogP contribution is -2.45. The molecule has 0 saturated heterocycles. The molecule has 6 heteroatoms. The zero-order valence-corrected chi connectivity index (χ0v) is 17.8. The number of aryl methyl sites for hydroxylation is 1. The van der Waals surface area contributed by atoms with Gasteiger partial charge in [0.1, 0.15) is 5.75 Å². The summed E-state index contributed by atoms with van der Waals surface area (Å²) in [6.45, 7) is 8.45. The van der Waals surface area contributed by atoms with Crippen molar-refractivity contribution in [2.75, 3.05) is 33.9 Å². The quantitative estimate of drug-likeness (QED) is 0.263. The number of unbranched alkanes of at least 4 members (excludes halogenated alkanes) is 1. The smallest absolute Gasteiger partial charge is 0.191 e. The Morgan fingerprint density at radius 3 is 2.38 bits per heavy atom. The van der Waals surface area contributed by atoms with Gasteiger partial charge in [0.25, 0.3) is 0 Å². The van der Waals surface area contributed by atoms with Gasteiger partial charge in [-0.1, -0.05) is 17.7 Å². The van der Waals surface area contributed by atoms with E-state index in [4.69, 9.17) is 9.47 Å². The lowest BCUT2D eigenvalue weighted by molar-refractivity contribution is 0.0268. The van der Waals surface area contributed by atoms with Gasteiger partial charge in [-0.05, 0) is 45.7 Å². The number of ether oxygens (including phenoxy) is 2. The van der Waals surface area contributed by atoms with Crippen molar-refractivity contribution >= 4 is 29.9 Å². The Kier molecular flexibility index (Phi) is 11.8. The Morgan fingerprint density at radius 2 is 1.79 bits per heavy atom. The normalized spacial score (nSPS) is 11.6. The number of halogens is 1. The average molecular weight is 449 g/mol. The van der Waals surface area contributed by atoms with Crippen molar-refractivity contribution in [3.8, 4) is 5.75 Å². The van der Waals surface area contributed by atoms with E-state index in [1.165, 1.54) is 5.56 Å². The van der Waals surface area contributed by atoms with Gasteiger partial charge >= 0.3 is 0 Å². The van der Waals surface area contributed by atoms with Crippen LogP contribution in [0.25, 0.3) is 0 Å². The first-order valence-corrected chi connectivity index (χ1v) is 8.16. The summed E-state index contributed by atoms with van der Waals surface area (Å²) in [4.78, 5) is 4.21. The van der Waals surface area contributed by atoms with Gasteiger partial charge in [-0.2, -0.15) is 0 Å². The highest BCUT2D eigenvalue weighted by atomic mass is 127. The Hall–Kier alpha value is -1.02. The fraction of sp³-hybridized carbons (Fsp3) is 0.611. The highest BCUT2D eigenvalue weighted by Crippen LogP contribution is 2.11. The van der Waals surface area contributed by atoms with Crippen molar-refractivity contribution in [1.29, 1.82) is 0 Å². The van der Waals surface area contributed by atoms with Crippen LogP contribution in [-0.4, -0.2) is 45.4 Å². The molecule has 0 atom stereocenters. The number of hydrogen-bond donors (Lipinski definition) is 2. The summed E-state index contributed by atoms with van der Waals surface area (Å²) in [7, 11) is 3.49. The molecule has 138 valence electrons. The predicted octanol–water partition coefficient (Wildman–Crippen LogP) is 3.36. The number of methoxy groups -OCH3 is 1. The zero-order chi connectivity index (χ0) is 17.1. The maximum Gasteiger partial charge on any atom is 0.191 e. The van der Waals surface area contributed by atoms with Gasteiger partial charge in [0.05, 0.1) is 12.2 Å². The molecule has 1 aromatic carbocycles. The van der Waals surface area contributed by atoms with E-state index in [0.29, 0.717) is 6.54 Å². The van der Waals surface area contributed by atoms with E-state index in [1.807, 2.05) is 26.0 Å². The van der Waals surface area contributed by atoms with Crippen LogP contribution in [-0.2, 0) is 4.74 Å². The summed E-state index contributed by atoms with van der Waals surface area (Å²) < 4.78 is 11.1. The third-order valence-electron chi connectivity index (χ3n) is 3.61. The molecule has 5 nitrogen and oxygen atoms in total. The van der Waals surface area contributed by atoms with Crippen LogP contribution in [0.4, 0.5) is 0 Å².